The van der Waals surface area contributed by atoms with Crippen molar-refractivity contribution in [1.82, 2.24) is 14.5 Å². The molecule has 0 fully saturated rings. The Labute approximate surface area is 130 Å². The fraction of sp³-hybridized carbons (Fsp3) is 0.200. The van der Waals surface area contributed by atoms with Gasteiger partial charge in [0.05, 0.1) is 11.6 Å². The summed E-state index contributed by atoms with van der Waals surface area (Å²) in [5.74, 6) is 1.17. The van der Waals surface area contributed by atoms with E-state index in [0.717, 1.165) is 33.6 Å². The Morgan fingerprint density at radius 2 is 2.15 bits per heavy atom. The molecule has 2 heterocycles. The molecule has 102 valence electrons. The first kappa shape index (κ1) is 13.6. The van der Waals surface area contributed by atoms with Gasteiger partial charge in [0.25, 0.3) is 0 Å². The van der Waals surface area contributed by atoms with Gasteiger partial charge in [0.2, 0.25) is 0 Å². The van der Waals surface area contributed by atoms with E-state index in [4.69, 9.17) is 11.6 Å². The SMILES string of the molecule is CCc1cc(Br)ccc1-n1c(CCl)nc2cccnc21. The normalized spacial score (nSPS) is 11.2. The Balaban J connectivity index is 2.33. The molecule has 3 rings (SSSR count). The van der Waals surface area contributed by atoms with Crippen molar-refractivity contribution >= 4 is 38.7 Å². The summed E-state index contributed by atoms with van der Waals surface area (Å²) in [7, 11) is 0. The minimum Gasteiger partial charge on any atom is -0.279 e. The van der Waals surface area contributed by atoms with Gasteiger partial charge in [-0.3, -0.25) is 4.57 Å². The number of rotatable bonds is 3. The number of halogens is 2. The molecule has 0 bridgehead atoms. The number of fused-ring (bicyclic) bond motifs is 1. The number of alkyl halides is 1. The minimum atomic E-state index is 0.357. The van der Waals surface area contributed by atoms with Crippen molar-refractivity contribution in [2.45, 2.75) is 19.2 Å². The first-order valence-electron chi connectivity index (χ1n) is 6.41. The molecule has 0 aliphatic carbocycles. The van der Waals surface area contributed by atoms with E-state index in [-0.39, 0.29) is 0 Å². The van der Waals surface area contributed by atoms with E-state index >= 15 is 0 Å². The largest absolute Gasteiger partial charge is 0.279 e. The van der Waals surface area contributed by atoms with Gasteiger partial charge in [-0.1, -0.05) is 22.9 Å². The standard InChI is InChI=1S/C15H13BrClN3/c1-2-10-8-11(16)5-6-13(10)20-14(9-17)19-12-4-3-7-18-15(12)20/h3-8H,2,9H2,1H3. The van der Waals surface area contributed by atoms with Gasteiger partial charge in [0, 0.05) is 10.7 Å². The molecule has 0 saturated heterocycles. The van der Waals surface area contributed by atoms with Crippen LogP contribution in [0.1, 0.15) is 18.3 Å². The van der Waals surface area contributed by atoms with Crippen LogP contribution in [0.3, 0.4) is 0 Å². The van der Waals surface area contributed by atoms with Crippen molar-refractivity contribution < 1.29 is 0 Å². The molecular formula is C15H13BrClN3. The second-order valence-corrected chi connectivity index (χ2v) is 5.65. The molecule has 0 unspecified atom stereocenters. The third-order valence-electron chi connectivity index (χ3n) is 3.27. The Kier molecular flexibility index (Phi) is 3.76. The zero-order chi connectivity index (χ0) is 14.1. The number of nitrogens with zero attached hydrogens (tertiary/aromatic N) is 3. The summed E-state index contributed by atoms with van der Waals surface area (Å²) in [6.07, 6.45) is 2.71. The van der Waals surface area contributed by atoms with Gasteiger partial charge in [-0.2, -0.15) is 0 Å². The second kappa shape index (κ2) is 5.54. The molecule has 0 aliphatic rings. The zero-order valence-electron chi connectivity index (χ0n) is 11.0. The number of hydrogen-bond donors (Lipinski definition) is 0. The van der Waals surface area contributed by atoms with Crippen LogP contribution in [0.15, 0.2) is 41.0 Å². The highest BCUT2D eigenvalue weighted by Gasteiger charge is 2.14. The molecule has 0 atom stereocenters. The summed E-state index contributed by atoms with van der Waals surface area (Å²) in [6, 6.07) is 10.1. The molecular weight excluding hydrogens is 338 g/mol. The Morgan fingerprint density at radius 1 is 1.30 bits per heavy atom. The zero-order valence-corrected chi connectivity index (χ0v) is 13.3. The van der Waals surface area contributed by atoms with Gasteiger partial charge in [-0.15, -0.1) is 11.6 Å². The maximum absolute atomic E-state index is 6.06. The third-order valence-corrected chi connectivity index (χ3v) is 4.00. The topological polar surface area (TPSA) is 30.7 Å². The third kappa shape index (κ3) is 2.23. The van der Waals surface area contributed by atoms with E-state index < -0.39 is 0 Å². The van der Waals surface area contributed by atoms with Gasteiger partial charge in [-0.05, 0) is 42.3 Å². The molecule has 0 radical (unpaired) electrons. The van der Waals surface area contributed by atoms with Gasteiger partial charge in [-0.25, -0.2) is 9.97 Å². The molecule has 3 aromatic rings. The van der Waals surface area contributed by atoms with Gasteiger partial charge in [0.1, 0.15) is 11.3 Å². The number of pyridine rings is 1. The lowest BCUT2D eigenvalue weighted by atomic mass is 10.1. The highest BCUT2D eigenvalue weighted by atomic mass is 79.9. The van der Waals surface area contributed by atoms with Crippen molar-refractivity contribution in [2.24, 2.45) is 0 Å². The molecule has 2 aromatic heterocycles. The lowest BCUT2D eigenvalue weighted by Gasteiger charge is -2.12. The predicted molar refractivity (Wildman–Crippen MR) is 85.5 cm³/mol. The second-order valence-electron chi connectivity index (χ2n) is 4.47. The highest BCUT2D eigenvalue weighted by Crippen LogP contribution is 2.26. The maximum Gasteiger partial charge on any atom is 0.164 e. The molecule has 5 heteroatoms. The fourth-order valence-electron chi connectivity index (χ4n) is 2.36. The Bertz CT molecular complexity index is 767. The van der Waals surface area contributed by atoms with Crippen molar-refractivity contribution in [3.8, 4) is 5.69 Å². The van der Waals surface area contributed by atoms with Gasteiger partial charge < -0.3 is 0 Å². The number of hydrogen-bond acceptors (Lipinski definition) is 2. The van der Waals surface area contributed by atoms with Gasteiger partial charge >= 0.3 is 0 Å². The van der Waals surface area contributed by atoms with Crippen LogP contribution in [0.5, 0.6) is 0 Å². The highest BCUT2D eigenvalue weighted by molar-refractivity contribution is 9.10. The van der Waals surface area contributed by atoms with E-state index in [0.29, 0.717) is 5.88 Å². The summed E-state index contributed by atoms with van der Waals surface area (Å²) < 4.78 is 3.12. The summed E-state index contributed by atoms with van der Waals surface area (Å²) >= 11 is 9.58. The van der Waals surface area contributed by atoms with Crippen LogP contribution in [0.2, 0.25) is 0 Å². The number of aryl methyl sites for hydroxylation is 1. The predicted octanol–water partition coefficient (Wildman–Crippen LogP) is 4.48. The van der Waals surface area contributed by atoms with Gasteiger partial charge in [0.15, 0.2) is 5.65 Å². The van der Waals surface area contributed by atoms with Crippen LogP contribution < -0.4 is 0 Å². The summed E-state index contributed by atoms with van der Waals surface area (Å²) in [4.78, 5) is 9.02. The van der Waals surface area contributed by atoms with Crippen LogP contribution in [-0.2, 0) is 12.3 Å². The summed E-state index contributed by atoms with van der Waals surface area (Å²) in [6.45, 7) is 2.14. The van der Waals surface area contributed by atoms with Crippen LogP contribution in [0.4, 0.5) is 0 Å². The fourth-order valence-corrected chi connectivity index (χ4v) is 2.95. The first-order chi connectivity index (χ1) is 9.74. The molecule has 0 saturated carbocycles. The smallest absolute Gasteiger partial charge is 0.164 e. The quantitative estimate of drug-likeness (QED) is 0.652. The van der Waals surface area contributed by atoms with Crippen molar-refractivity contribution in [3.05, 3.63) is 52.4 Å². The van der Waals surface area contributed by atoms with E-state index in [1.54, 1.807) is 6.20 Å². The average molecular weight is 351 g/mol. The van der Waals surface area contributed by atoms with Crippen molar-refractivity contribution in [3.63, 3.8) is 0 Å². The van der Waals surface area contributed by atoms with Crippen molar-refractivity contribution in [1.29, 1.82) is 0 Å². The molecule has 3 nitrogen and oxygen atoms in total. The lowest BCUT2D eigenvalue weighted by molar-refractivity contribution is 0.944. The molecule has 20 heavy (non-hydrogen) atoms. The molecule has 1 aromatic carbocycles. The van der Waals surface area contributed by atoms with Crippen molar-refractivity contribution in [2.75, 3.05) is 0 Å². The number of benzene rings is 1. The van der Waals surface area contributed by atoms with E-state index in [2.05, 4.69) is 45.0 Å². The van der Waals surface area contributed by atoms with E-state index in [1.807, 2.05) is 22.8 Å². The molecule has 0 spiro atoms. The molecule has 0 aliphatic heterocycles. The number of imidazole rings is 1. The van der Waals surface area contributed by atoms with E-state index in [1.165, 1.54) is 5.56 Å². The Morgan fingerprint density at radius 3 is 2.90 bits per heavy atom. The lowest BCUT2D eigenvalue weighted by Crippen LogP contribution is -2.03. The van der Waals surface area contributed by atoms with Crippen LogP contribution in [-0.4, -0.2) is 14.5 Å². The maximum atomic E-state index is 6.06. The number of aromatic nitrogens is 3. The van der Waals surface area contributed by atoms with E-state index in [9.17, 15) is 0 Å². The Hall–Kier alpha value is -1.39. The van der Waals surface area contributed by atoms with Crippen LogP contribution >= 0.6 is 27.5 Å². The first-order valence-corrected chi connectivity index (χ1v) is 7.74. The summed E-state index contributed by atoms with van der Waals surface area (Å²) in [5.41, 5.74) is 4.04. The molecule has 0 amide bonds. The molecule has 0 N–H and O–H groups in total. The summed E-state index contributed by atoms with van der Waals surface area (Å²) in [5, 5.41) is 0. The van der Waals surface area contributed by atoms with Crippen LogP contribution in [0.25, 0.3) is 16.9 Å². The van der Waals surface area contributed by atoms with Crippen LogP contribution in [0, 0.1) is 0 Å². The minimum absolute atomic E-state index is 0.357. The monoisotopic (exact) mass is 349 g/mol. The average Bonchev–Trinajstić information content (AvgIpc) is 2.85.